The Balaban J connectivity index is 0.00000423. The molecule has 0 saturated carbocycles. The highest BCUT2D eigenvalue weighted by molar-refractivity contribution is 9.10. The van der Waals surface area contributed by atoms with Crippen molar-refractivity contribution in [2.45, 2.75) is 44.8 Å². The number of carbonyl (C=O) groups is 3. The summed E-state index contributed by atoms with van der Waals surface area (Å²) in [6, 6.07) is 15.8. The molecule has 2 aliphatic rings. The Morgan fingerprint density at radius 2 is 1.77 bits per heavy atom. The van der Waals surface area contributed by atoms with E-state index in [0.29, 0.717) is 36.8 Å². The van der Waals surface area contributed by atoms with Gasteiger partial charge in [-0.1, -0.05) is 40.2 Å². The molecule has 0 aromatic heterocycles. The molecule has 9 nitrogen and oxygen atoms in total. The maximum Gasteiger partial charge on any atom is 0.251 e. The van der Waals surface area contributed by atoms with Crippen molar-refractivity contribution in [1.82, 2.24) is 10.6 Å². The molecule has 0 radical (unpaired) electrons. The van der Waals surface area contributed by atoms with Gasteiger partial charge in [0.05, 0.1) is 37.6 Å². The normalized spacial score (nSPS) is 18.0. The van der Waals surface area contributed by atoms with Gasteiger partial charge in [-0.05, 0) is 73.8 Å². The molecule has 230 valence electrons. The molecule has 43 heavy (non-hydrogen) atoms. The molecule has 0 unspecified atom stereocenters. The minimum absolute atomic E-state index is 0. The zero-order valence-electron chi connectivity index (χ0n) is 24.6. The van der Waals surface area contributed by atoms with Crippen molar-refractivity contribution in [3.63, 3.8) is 0 Å². The Hall–Kier alpha value is -3.18. The summed E-state index contributed by atoms with van der Waals surface area (Å²) in [6.45, 7) is 3.24. The van der Waals surface area contributed by atoms with Crippen molar-refractivity contribution in [1.29, 1.82) is 0 Å². The van der Waals surface area contributed by atoms with E-state index in [9.17, 15) is 14.4 Å². The molecule has 5 rings (SSSR count). The predicted molar refractivity (Wildman–Crippen MR) is 174 cm³/mol. The monoisotopic (exact) mass is 672 g/mol. The minimum atomic E-state index is -0.952. The molecule has 11 heteroatoms. The molecule has 0 spiro atoms. The van der Waals surface area contributed by atoms with Crippen LogP contribution in [-0.2, 0) is 25.7 Å². The summed E-state index contributed by atoms with van der Waals surface area (Å²) < 4.78 is 12.2. The number of nitrogens with zero attached hydrogens (tertiary/aromatic N) is 2. The van der Waals surface area contributed by atoms with Crippen molar-refractivity contribution < 1.29 is 23.9 Å². The van der Waals surface area contributed by atoms with Crippen LogP contribution in [0.15, 0.2) is 59.1 Å². The summed E-state index contributed by atoms with van der Waals surface area (Å²) >= 11 is 3.65. The smallest absolute Gasteiger partial charge is 0.251 e. The van der Waals surface area contributed by atoms with Gasteiger partial charge in [-0.2, -0.15) is 0 Å². The number of hydrogen-bond donors (Lipinski definition) is 2. The molecular weight excluding hydrogens is 636 g/mol. The van der Waals surface area contributed by atoms with E-state index in [2.05, 4.69) is 26.6 Å². The summed E-state index contributed by atoms with van der Waals surface area (Å²) in [7, 11) is 3.30. The Bertz CT molecular complexity index is 1480. The fourth-order valence-corrected chi connectivity index (χ4v) is 6.20. The third-order valence-corrected chi connectivity index (χ3v) is 8.95. The van der Waals surface area contributed by atoms with Gasteiger partial charge in [-0.25, -0.2) is 0 Å². The van der Waals surface area contributed by atoms with E-state index in [1.165, 1.54) is 0 Å². The van der Waals surface area contributed by atoms with Crippen molar-refractivity contribution in [2.24, 2.45) is 5.92 Å². The molecular formula is C32H38BrClN4O5. The highest BCUT2D eigenvalue weighted by Crippen LogP contribution is 2.38. The molecule has 3 aromatic carbocycles. The Morgan fingerprint density at radius 1 is 1.05 bits per heavy atom. The number of hydrogen-bond acceptors (Lipinski definition) is 6. The third-order valence-electron chi connectivity index (χ3n) is 8.25. The van der Waals surface area contributed by atoms with Crippen LogP contribution in [0.5, 0.6) is 5.75 Å². The average molecular weight is 674 g/mol. The van der Waals surface area contributed by atoms with Crippen LogP contribution in [0, 0.1) is 5.92 Å². The predicted octanol–water partition coefficient (Wildman–Crippen LogP) is 4.82. The van der Waals surface area contributed by atoms with Gasteiger partial charge in [0.1, 0.15) is 11.8 Å². The standard InChI is InChI=1S/C32H37BrN4O5.ClH/c1-20(34-2)31(39)35-26-19-36(30(38)17-21-13-15-42-16-14-21)27-9-4-5-10-28(27)37(32(26)40)18-24-22-7-6-8-25(33)23(22)11-12-29(24)41-3;/h4-12,20-21,26,34H,13-19H2,1-3H3,(H,35,39);1H/t20-,26-;/m0./s1. The third kappa shape index (κ3) is 6.98. The highest BCUT2D eigenvalue weighted by atomic mass is 79.9. The van der Waals surface area contributed by atoms with Crippen molar-refractivity contribution in [2.75, 3.05) is 43.7 Å². The van der Waals surface area contributed by atoms with Crippen LogP contribution in [-0.4, -0.2) is 63.7 Å². The average Bonchev–Trinajstić information content (AvgIpc) is 3.12. The first kappa shape index (κ1) is 32.7. The van der Waals surface area contributed by atoms with Crippen LogP contribution in [0.4, 0.5) is 11.4 Å². The molecule has 2 N–H and O–H groups in total. The zero-order valence-corrected chi connectivity index (χ0v) is 27.0. The molecule has 0 aliphatic carbocycles. The number of para-hydroxylation sites is 2. The fourth-order valence-electron chi connectivity index (χ4n) is 5.70. The van der Waals surface area contributed by atoms with Crippen molar-refractivity contribution >= 4 is 68.2 Å². The molecule has 2 atom stereocenters. The second-order valence-corrected chi connectivity index (χ2v) is 11.7. The van der Waals surface area contributed by atoms with Crippen molar-refractivity contribution in [3.05, 3.63) is 64.6 Å². The topological polar surface area (TPSA) is 100 Å². The van der Waals surface area contributed by atoms with Gasteiger partial charge >= 0.3 is 0 Å². The number of amides is 3. The van der Waals surface area contributed by atoms with Crippen LogP contribution in [0.25, 0.3) is 10.8 Å². The highest BCUT2D eigenvalue weighted by Gasteiger charge is 2.38. The SMILES string of the molecule is CN[C@@H](C)C(=O)N[C@H]1CN(C(=O)CC2CCOCC2)c2ccccc2N(Cc2c(OC)ccc3c(Br)cccc23)C1=O.Cl. The quantitative estimate of drug-likeness (QED) is 0.356. The second kappa shape index (κ2) is 14.5. The van der Waals surface area contributed by atoms with Gasteiger partial charge < -0.3 is 29.9 Å². The Kier molecular flexibility index (Phi) is 11.1. The lowest BCUT2D eigenvalue weighted by atomic mass is 9.95. The summed E-state index contributed by atoms with van der Waals surface area (Å²) in [6.07, 6.45) is 2.00. The number of halogens is 2. The van der Waals surface area contributed by atoms with E-state index >= 15 is 0 Å². The van der Waals surface area contributed by atoms with E-state index in [1.807, 2.05) is 54.6 Å². The molecule has 2 heterocycles. The molecule has 1 fully saturated rings. The minimum Gasteiger partial charge on any atom is -0.496 e. The van der Waals surface area contributed by atoms with Crippen LogP contribution in [0.3, 0.4) is 0 Å². The van der Waals surface area contributed by atoms with Crippen LogP contribution in [0.2, 0.25) is 0 Å². The second-order valence-electron chi connectivity index (χ2n) is 10.8. The van der Waals surface area contributed by atoms with Crippen LogP contribution >= 0.6 is 28.3 Å². The number of rotatable bonds is 8. The van der Waals surface area contributed by atoms with Gasteiger partial charge in [0, 0.05) is 29.7 Å². The summed E-state index contributed by atoms with van der Waals surface area (Å²) in [5.41, 5.74) is 2.08. The number of carbonyl (C=O) groups excluding carboxylic acids is 3. The van der Waals surface area contributed by atoms with E-state index < -0.39 is 12.1 Å². The maximum atomic E-state index is 14.4. The van der Waals surface area contributed by atoms with Gasteiger partial charge in [0.2, 0.25) is 11.8 Å². The first-order valence-corrected chi connectivity index (χ1v) is 15.1. The summed E-state index contributed by atoms with van der Waals surface area (Å²) in [5.74, 6) is 0.174. The number of nitrogens with one attached hydrogen (secondary N) is 2. The van der Waals surface area contributed by atoms with Crippen LogP contribution in [0.1, 0.15) is 31.7 Å². The molecule has 3 amide bonds. The molecule has 0 bridgehead atoms. The number of methoxy groups -OCH3 is 1. The lowest BCUT2D eigenvalue weighted by Crippen LogP contribution is -2.55. The lowest BCUT2D eigenvalue weighted by molar-refractivity contribution is -0.128. The number of anilines is 2. The Labute approximate surface area is 266 Å². The Morgan fingerprint density at radius 3 is 2.47 bits per heavy atom. The van der Waals surface area contributed by atoms with Gasteiger partial charge in [-0.15, -0.1) is 12.4 Å². The first-order valence-electron chi connectivity index (χ1n) is 14.3. The van der Waals surface area contributed by atoms with Crippen molar-refractivity contribution in [3.8, 4) is 5.75 Å². The van der Waals surface area contributed by atoms with Crippen LogP contribution < -0.4 is 25.2 Å². The van der Waals surface area contributed by atoms with E-state index in [1.54, 1.807) is 30.9 Å². The lowest BCUT2D eigenvalue weighted by Gasteiger charge is -2.28. The molecule has 1 saturated heterocycles. The van der Waals surface area contributed by atoms with E-state index in [0.717, 1.165) is 33.7 Å². The summed E-state index contributed by atoms with van der Waals surface area (Å²) in [4.78, 5) is 44.7. The van der Waals surface area contributed by atoms with E-state index in [4.69, 9.17) is 9.47 Å². The number of fused-ring (bicyclic) bond motifs is 2. The molecule has 3 aromatic rings. The number of likely N-dealkylation sites (N-methyl/N-ethyl adjacent to an activating group) is 1. The number of benzene rings is 3. The molecule has 2 aliphatic heterocycles. The summed E-state index contributed by atoms with van der Waals surface area (Å²) in [5, 5.41) is 7.79. The fraction of sp³-hybridized carbons (Fsp3) is 0.406. The van der Waals surface area contributed by atoms with E-state index in [-0.39, 0.29) is 49.1 Å². The largest absolute Gasteiger partial charge is 0.496 e. The van der Waals surface area contributed by atoms with Gasteiger partial charge in [0.25, 0.3) is 5.91 Å². The first-order chi connectivity index (χ1) is 20.3. The maximum absolute atomic E-state index is 14.4. The van der Waals surface area contributed by atoms with Gasteiger partial charge in [-0.3, -0.25) is 14.4 Å². The number of ether oxygens (including phenoxy) is 2. The van der Waals surface area contributed by atoms with Gasteiger partial charge in [0.15, 0.2) is 0 Å². The zero-order chi connectivity index (χ0) is 29.8.